The summed E-state index contributed by atoms with van der Waals surface area (Å²) < 4.78 is 27.9. The van der Waals surface area contributed by atoms with Crippen LogP contribution in [-0.2, 0) is 28.5 Å². The van der Waals surface area contributed by atoms with Crippen molar-refractivity contribution < 1.29 is 33.6 Å². The van der Waals surface area contributed by atoms with Crippen molar-refractivity contribution in [2.75, 3.05) is 60.0 Å². The molecule has 0 heterocycles. The van der Waals surface area contributed by atoms with Gasteiger partial charge < -0.3 is 28.8 Å². The molecule has 4 fully saturated rings. The van der Waals surface area contributed by atoms with Crippen LogP contribution < -0.4 is 0 Å². The first-order valence-corrected chi connectivity index (χ1v) is 16.5. The van der Waals surface area contributed by atoms with Crippen LogP contribution in [0.15, 0.2) is 12.7 Å². The summed E-state index contributed by atoms with van der Waals surface area (Å²) in [7, 11) is 1.67. The molecule has 0 amide bonds. The summed E-state index contributed by atoms with van der Waals surface area (Å²) >= 11 is 0. The summed E-state index contributed by atoms with van der Waals surface area (Å²) in [6.45, 7) is 14.1. The van der Waals surface area contributed by atoms with E-state index in [1.807, 2.05) is 0 Å². The number of hydrogen-bond donors (Lipinski definition) is 1. The largest absolute Gasteiger partial charge is 0.481 e. The van der Waals surface area contributed by atoms with Crippen LogP contribution >= 0.6 is 0 Å². The number of ether oxygens (including phenoxy) is 5. The quantitative estimate of drug-likeness (QED) is 0.149. The van der Waals surface area contributed by atoms with E-state index in [-0.39, 0.29) is 6.42 Å². The topological polar surface area (TPSA) is 83.5 Å². The number of hydrogen-bond acceptors (Lipinski definition) is 6. The Bertz CT molecular complexity index is 819. The van der Waals surface area contributed by atoms with Crippen LogP contribution in [-0.4, -0.2) is 77.1 Å². The summed E-state index contributed by atoms with van der Waals surface area (Å²) in [5, 5.41) is 9.28. The van der Waals surface area contributed by atoms with Gasteiger partial charge in [0.05, 0.1) is 59.0 Å². The average Bonchev–Trinajstić information content (AvgIpc) is 3.31. The van der Waals surface area contributed by atoms with E-state index in [0.717, 1.165) is 30.1 Å². The van der Waals surface area contributed by atoms with Gasteiger partial charge >= 0.3 is 5.97 Å². The van der Waals surface area contributed by atoms with Crippen molar-refractivity contribution in [1.82, 2.24) is 0 Å². The maximum atomic E-state index is 11.3. The van der Waals surface area contributed by atoms with Crippen molar-refractivity contribution in [3.05, 3.63) is 12.7 Å². The van der Waals surface area contributed by atoms with Gasteiger partial charge in [0.2, 0.25) is 0 Å². The van der Waals surface area contributed by atoms with Crippen molar-refractivity contribution in [1.29, 1.82) is 0 Å². The van der Waals surface area contributed by atoms with Crippen LogP contribution in [0.5, 0.6) is 0 Å². The van der Waals surface area contributed by atoms with Gasteiger partial charge in [-0.1, -0.05) is 19.9 Å². The number of allylic oxidation sites excluding steroid dienone is 1. The van der Waals surface area contributed by atoms with Gasteiger partial charge in [0.25, 0.3) is 0 Å². The Morgan fingerprint density at radius 1 is 0.854 bits per heavy atom. The van der Waals surface area contributed by atoms with Crippen LogP contribution in [0.1, 0.15) is 84.5 Å². The van der Waals surface area contributed by atoms with E-state index in [2.05, 4.69) is 26.5 Å². The highest BCUT2D eigenvalue weighted by molar-refractivity contribution is 5.66. The molecule has 0 bridgehead atoms. The van der Waals surface area contributed by atoms with Gasteiger partial charge in [-0.2, -0.15) is 0 Å². The van der Waals surface area contributed by atoms with Gasteiger partial charge in [0.15, 0.2) is 0 Å². The van der Waals surface area contributed by atoms with Crippen molar-refractivity contribution in [3.8, 4) is 0 Å². The molecule has 0 aromatic heterocycles. The first-order chi connectivity index (χ1) is 19.8. The van der Waals surface area contributed by atoms with Gasteiger partial charge in [-0.25, -0.2) is 0 Å². The molecule has 4 aliphatic rings. The minimum atomic E-state index is -0.681. The highest BCUT2D eigenvalue weighted by Gasteiger charge is 2.60. The Labute approximate surface area is 249 Å². The van der Waals surface area contributed by atoms with E-state index >= 15 is 0 Å². The van der Waals surface area contributed by atoms with Crippen LogP contribution in [0.4, 0.5) is 0 Å². The molecule has 7 nitrogen and oxygen atoms in total. The zero-order chi connectivity index (χ0) is 29.3. The number of carbonyl (C=O) groups is 1. The summed E-state index contributed by atoms with van der Waals surface area (Å²) in [5.74, 6) is 3.45. The fraction of sp³-hybridized carbons (Fsp3) is 0.912. The maximum Gasteiger partial charge on any atom is 0.303 e. The third-order valence-corrected chi connectivity index (χ3v) is 12.0. The fourth-order valence-electron chi connectivity index (χ4n) is 9.85. The van der Waals surface area contributed by atoms with Crippen LogP contribution in [0.3, 0.4) is 0 Å². The molecule has 0 aromatic rings. The third kappa shape index (κ3) is 7.94. The average molecular weight is 579 g/mol. The molecule has 1 N–H and O–H groups in total. The van der Waals surface area contributed by atoms with Crippen molar-refractivity contribution in [2.45, 2.75) is 90.6 Å². The molecule has 0 aliphatic heterocycles. The van der Waals surface area contributed by atoms with Crippen molar-refractivity contribution in [2.24, 2.45) is 46.3 Å². The molecular weight excluding hydrogens is 520 g/mol. The minimum Gasteiger partial charge on any atom is -0.481 e. The lowest BCUT2D eigenvalue weighted by atomic mass is 9.44. The van der Waals surface area contributed by atoms with E-state index in [9.17, 15) is 9.90 Å². The number of carboxylic acids is 1. The van der Waals surface area contributed by atoms with Crippen LogP contribution in [0.25, 0.3) is 0 Å². The van der Waals surface area contributed by atoms with E-state index in [1.165, 1.54) is 57.8 Å². The van der Waals surface area contributed by atoms with Gasteiger partial charge in [0.1, 0.15) is 0 Å². The van der Waals surface area contributed by atoms with E-state index < -0.39 is 5.97 Å². The molecule has 236 valence electrons. The molecule has 4 aliphatic carbocycles. The highest BCUT2D eigenvalue weighted by Crippen LogP contribution is 2.68. The molecular formula is C34H58O7. The Hall–Kier alpha value is -0.990. The monoisotopic (exact) mass is 578 g/mol. The van der Waals surface area contributed by atoms with E-state index in [0.29, 0.717) is 81.6 Å². The SMILES string of the molecule is C=C[C@H](CCC(=O)O)C1CCC2[C@@H]3CC[C@@H]4C[C@@H](OCCOCCOCCOCCOC)CC[C@]4(C)C3CC[C@@]21C. The van der Waals surface area contributed by atoms with Gasteiger partial charge in [-0.05, 0) is 111 Å². The Morgan fingerprint density at radius 2 is 1.49 bits per heavy atom. The molecule has 7 heteroatoms. The second-order valence-electron chi connectivity index (χ2n) is 13.8. The molecule has 3 unspecified atom stereocenters. The second-order valence-corrected chi connectivity index (χ2v) is 13.8. The molecule has 0 saturated heterocycles. The minimum absolute atomic E-state index is 0.259. The molecule has 0 radical (unpaired) electrons. The molecule has 9 atom stereocenters. The second kappa shape index (κ2) is 15.7. The number of methoxy groups -OCH3 is 1. The van der Waals surface area contributed by atoms with Crippen LogP contribution in [0, 0.1) is 46.3 Å². The Morgan fingerprint density at radius 3 is 2.15 bits per heavy atom. The molecule has 0 aromatic carbocycles. The predicted octanol–water partition coefficient (Wildman–Crippen LogP) is 6.39. The summed E-state index contributed by atoms with van der Waals surface area (Å²) in [5.41, 5.74) is 0.773. The molecule has 41 heavy (non-hydrogen) atoms. The normalized spacial score (nSPS) is 37.1. The fourth-order valence-corrected chi connectivity index (χ4v) is 9.85. The van der Waals surface area contributed by atoms with E-state index in [4.69, 9.17) is 23.7 Å². The van der Waals surface area contributed by atoms with E-state index in [1.54, 1.807) is 7.11 Å². The number of aliphatic carboxylic acids is 1. The summed E-state index contributed by atoms with van der Waals surface area (Å²) in [4.78, 5) is 11.3. The first-order valence-electron chi connectivity index (χ1n) is 16.5. The lowest BCUT2D eigenvalue weighted by Gasteiger charge is -2.61. The number of rotatable bonds is 18. The Kier molecular flexibility index (Phi) is 12.6. The van der Waals surface area contributed by atoms with Gasteiger partial charge in [-0.15, -0.1) is 6.58 Å². The molecule has 4 saturated carbocycles. The Balaban J connectivity index is 1.18. The van der Waals surface area contributed by atoms with Crippen LogP contribution in [0.2, 0.25) is 0 Å². The summed E-state index contributed by atoms with van der Waals surface area (Å²) in [6, 6.07) is 0. The first kappa shape index (κ1) is 32.9. The van der Waals surface area contributed by atoms with Crippen molar-refractivity contribution >= 4 is 5.97 Å². The maximum absolute atomic E-state index is 11.3. The molecule has 4 rings (SSSR count). The van der Waals surface area contributed by atoms with Gasteiger partial charge in [0, 0.05) is 13.5 Å². The number of fused-ring (bicyclic) bond motifs is 5. The lowest BCUT2D eigenvalue weighted by Crippen LogP contribution is -2.54. The lowest BCUT2D eigenvalue weighted by molar-refractivity contribution is -0.140. The highest BCUT2D eigenvalue weighted by atomic mass is 16.6. The molecule has 0 spiro atoms. The predicted molar refractivity (Wildman–Crippen MR) is 160 cm³/mol. The van der Waals surface area contributed by atoms with Crippen molar-refractivity contribution in [3.63, 3.8) is 0 Å². The van der Waals surface area contributed by atoms with Gasteiger partial charge in [-0.3, -0.25) is 4.79 Å². The zero-order valence-electron chi connectivity index (χ0n) is 26.2. The smallest absolute Gasteiger partial charge is 0.303 e. The summed E-state index contributed by atoms with van der Waals surface area (Å²) in [6.07, 6.45) is 15.0. The third-order valence-electron chi connectivity index (χ3n) is 12.0. The standard InChI is InChI=1S/C34H58O7/c1-5-25(6-11-32(35)36)29-9-10-30-28-8-7-26-24-27(12-14-33(26,2)31(28)13-15-34(29,30)3)41-23-22-40-21-20-39-19-18-38-17-16-37-4/h5,25-31H,1,6-24H2,2-4H3,(H,35,36)/t25-,26-,27+,28+,29?,30?,31?,33+,34-/m1/s1. The zero-order valence-corrected chi connectivity index (χ0v) is 26.2. The number of carboxylic acid groups (broad SMARTS) is 1.